The summed E-state index contributed by atoms with van der Waals surface area (Å²) in [6.07, 6.45) is 1.28. The van der Waals surface area contributed by atoms with E-state index in [9.17, 15) is 9.59 Å². The van der Waals surface area contributed by atoms with E-state index in [-0.39, 0.29) is 11.9 Å². The van der Waals surface area contributed by atoms with Crippen LogP contribution in [0.3, 0.4) is 0 Å². The lowest BCUT2D eigenvalue weighted by Gasteiger charge is -2.36. The molecule has 0 aromatic heterocycles. The van der Waals surface area contributed by atoms with Gasteiger partial charge in [0, 0.05) is 31.2 Å². The van der Waals surface area contributed by atoms with Crippen LogP contribution in [0.15, 0.2) is 24.3 Å². The van der Waals surface area contributed by atoms with Crippen LogP contribution in [0.5, 0.6) is 0 Å². The third-order valence-electron chi connectivity index (χ3n) is 4.42. The molecule has 1 saturated heterocycles. The summed E-state index contributed by atoms with van der Waals surface area (Å²) in [5.74, 6) is 0.908. The molecule has 1 aliphatic heterocycles. The number of nitrogens with zero attached hydrogens (tertiary/aromatic N) is 1. The molecule has 5 heteroatoms. The molecule has 1 amide bonds. The van der Waals surface area contributed by atoms with E-state index in [2.05, 4.69) is 28.8 Å². The molecule has 0 saturated carbocycles. The maximum atomic E-state index is 12.3. The van der Waals surface area contributed by atoms with Crippen LogP contribution in [-0.2, 0) is 4.74 Å². The standard InChI is InChI=1S/C19H28N2O3/c1-13-9-14(2)11-21(10-13)12-15(3)20-18(22)16-5-7-17(8-6-16)19(23)24-4/h5-8,13-15H,9-12H2,1-4H3,(H,20,22). The summed E-state index contributed by atoms with van der Waals surface area (Å²) in [5, 5.41) is 3.04. The Morgan fingerprint density at radius 2 is 1.71 bits per heavy atom. The van der Waals surface area contributed by atoms with Gasteiger partial charge in [-0.3, -0.25) is 4.79 Å². The van der Waals surface area contributed by atoms with Crippen LogP contribution >= 0.6 is 0 Å². The van der Waals surface area contributed by atoms with Gasteiger partial charge in [0.25, 0.3) is 5.91 Å². The molecule has 0 bridgehead atoms. The van der Waals surface area contributed by atoms with E-state index >= 15 is 0 Å². The van der Waals surface area contributed by atoms with Crippen LogP contribution in [0.4, 0.5) is 0 Å². The quantitative estimate of drug-likeness (QED) is 0.842. The van der Waals surface area contributed by atoms with Crippen molar-refractivity contribution in [3.8, 4) is 0 Å². The van der Waals surface area contributed by atoms with E-state index in [1.807, 2.05) is 6.92 Å². The van der Waals surface area contributed by atoms with Crippen molar-refractivity contribution in [1.29, 1.82) is 0 Å². The molecule has 0 spiro atoms. The normalized spacial score (nSPS) is 22.7. The van der Waals surface area contributed by atoms with Gasteiger partial charge in [0.2, 0.25) is 0 Å². The molecule has 3 atom stereocenters. The van der Waals surface area contributed by atoms with Crippen LogP contribution in [0.25, 0.3) is 0 Å². The fraction of sp³-hybridized carbons (Fsp3) is 0.579. The summed E-state index contributed by atoms with van der Waals surface area (Å²) < 4.78 is 4.66. The number of methoxy groups -OCH3 is 1. The number of rotatable bonds is 5. The van der Waals surface area contributed by atoms with Crippen molar-refractivity contribution in [2.75, 3.05) is 26.7 Å². The monoisotopic (exact) mass is 332 g/mol. The second kappa shape index (κ2) is 8.29. The third-order valence-corrected chi connectivity index (χ3v) is 4.42. The molecular formula is C19H28N2O3. The number of piperidine rings is 1. The molecule has 1 N–H and O–H groups in total. The zero-order chi connectivity index (χ0) is 17.7. The van der Waals surface area contributed by atoms with Crippen molar-refractivity contribution in [3.63, 3.8) is 0 Å². The number of hydrogen-bond acceptors (Lipinski definition) is 4. The first-order valence-corrected chi connectivity index (χ1v) is 8.60. The molecule has 132 valence electrons. The number of benzene rings is 1. The van der Waals surface area contributed by atoms with Crippen LogP contribution in [0.1, 0.15) is 47.9 Å². The highest BCUT2D eigenvalue weighted by Crippen LogP contribution is 2.20. The Hall–Kier alpha value is -1.88. The highest BCUT2D eigenvalue weighted by molar-refractivity contribution is 5.96. The van der Waals surface area contributed by atoms with Crippen molar-refractivity contribution >= 4 is 11.9 Å². The Bertz CT molecular complexity index is 560. The van der Waals surface area contributed by atoms with Gasteiger partial charge in [-0.15, -0.1) is 0 Å². The summed E-state index contributed by atoms with van der Waals surface area (Å²) in [6, 6.07) is 6.60. The first-order valence-electron chi connectivity index (χ1n) is 8.60. The molecule has 1 aromatic carbocycles. The van der Waals surface area contributed by atoms with Crippen molar-refractivity contribution in [2.24, 2.45) is 11.8 Å². The number of nitrogens with one attached hydrogen (secondary N) is 1. The van der Waals surface area contributed by atoms with Crippen molar-refractivity contribution in [1.82, 2.24) is 10.2 Å². The maximum absolute atomic E-state index is 12.3. The lowest BCUT2D eigenvalue weighted by molar-refractivity contribution is 0.0600. The largest absolute Gasteiger partial charge is 0.465 e. The molecule has 0 radical (unpaired) electrons. The van der Waals surface area contributed by atoms with Gasteiger partial charge in [0.1, 0.15) is 0 Å². The van der Waals surface area contributed by atoms with Gasteiger partial charge in [-0.05, 0) is 49.4 Å². The zero-order valence-electron chi connectivity index (χ0n) is 15.0. The summed E-state index contributed by atoms with van der Waals surface area (Å²) in [4.78, 5) is 26.2. The molecular weight excluding hydrogens is 304 g/mol. The van der Waals surface area contributed by atoms with Gasteiger partial charge in [-0.1, -0.05) is 13.8 Å². The molecule has 1 fully saturated rings. The van der Waals surface area contributed by atoms with Crippen molar-refractivity contribution < 1.29 is 14.3 Å². The Morgan fingerprint density at radius 3 is 2.25 bits per heavy atom. The fourth-order valence-corrected chi connectivity index (χ4v) is 3.56. The number of carbonyl (C=O) groups is 2. The number of esters is 1. The fourth-order valence-electron chi connectivity index (χ4n) is 3.56. The number of amides is 1. The van der Waals surface area contributed by atoms with Crippen LogP contribution in [0, 0.1) is 11.8 Å². The maximum Gasteiger partial charge on any atom is 0.337 e. The van der Waals surface area contributed by atoms with E-state index in [1.165, 1.54) is 13.5 Å². The van der Waals surface area contributed by atoms with Crippen molar-refractivity contribution in [2.45, 2.75) is 33.2 Å². The van der Waals surface area contributed by atoms with E-state index in [4.69, 9.17) is 0 Å². The summed E-state index contributed by atoms with van der Waals surface area (Å²) >= 11 is 0. The van der Waals surface area contributed by atoms with Gasteiger partial charge < -0.3 is 15.0 Å². The summed E-state index contributed by atoms with van der Waals surface area (Å²) in [6.45, 7) is 9.66. The minimum Gasteiger partial charge on any atom is -0.465 e. The smallest absolute Gasteiger partial charge is 0.337 e. The van der Waals surface area contributed by atoms with E-state index in [0.717, 1.165) is 19.6 Å². The minimum atomic E-state index is -0.399. The molecule has 1 heterocycles. The SMILES string of the molecule is COC(=O)c1ccc(C(=O)NC(C)CN2CC(C)CC(C)C2)cc1. The highest BCUT2D eigenvalue weighted by Gasteiger charge is 2.23. The molecule has 0 aliphatic carbocycles. The van der Waals surface area contributed by atoms with Crippen LogP contribution < -0.4 is 5.32 Å². The second-order valence-corrected chi connectivity index (χ2v) is 7.11. The molecule has 24 heavy (non-hydrogen) atoms. The topological polar surface area (TPSA) is 58.6 Å². The number of carbonyl (C=O) groups excluding carboxylic acids is 2. The van der Waals surface area contributed by atoms with E-state index in [1.54, 1.807) is 24.3 Å². The lowest BCUT2D eigenvalue weighted by atomic mass is 9.92. The first kappa shape index (κ1) is 18.5. The highest BCUT2D eigenvalue weighted by atomic mass is 16.5. The Morgan fingerprint density at radius 1 is 1.17 bits per heavy atom. The number of hydrogen-bond donors (Lipinski definition) is 1. The number of likely N-dealkylation sites (tertiary alicyclic amines) is 1. The average molecular weight is 332 g/mol. The van der Waals surface area contributed by atoms with Crippen LogP contribution in [-0.4, -0.2) is 49.6 Å². The van der Waals surface area contributed by atoms with E-state index < -0.39 is 5.97 Å². The third kappa shape index (κ3) is 5.06. The molecule has 1 aromatic rings. The van der Waals surface area contributed by atoms with E-state index in [0.29, 0.717) is 23.0 Å². The van der Waals surface area contributed by atoms with Crippen LogP contribution in [0.2, 0.25) is 0 Å². The average Bonchev–Trinajstić information content (AvgIpc) is 2.53. The Kier molecular flexibility index (Phi) is 6.37. The first-order chi connectivity index (χ1) is 11.4. The predicted molar refractivity (Wildman–Crippen MR) is 94.1 cm³/mol. The zero-order valence-corrected chi connectivity index (χ0v) is 15.0. The second-order valence-electron chi connectivity index (χ2n) is 7.11. The molecule has 3 unspecified atom stereocenters. The van der Waals surface area contributed by atoms with Gasteiger partial charge >= 0.3 is 5.97 Å². The Balaban J connectivity index is 1.88. The summed E-state index contributed by atoms with van der Waals surface area (Å²) in [7, 11) is 1.34. The molecule has 1 aliphatic rings. The number of ether oxygens (including phenoxy) is 1. The van der Waals surface area contributed by atoms with Crippen molar-refractivity contribution in [3.05, 3.63) is 35.4 Å². The van der Waals surface area contributed by atoms with Gasteiger partial charge in [0.05, 0.1) is 12.7 Å². The van der Waals surface area contributed by atoms with Gasteiger partial charge in [0.15, 0.2) is 0 Å². The van der Waals surface area contributed by atoms with Gasteiger partial charge in [-0.2, -0.15) is 0 Å². The molecule has 2 rings (SSSR count). The Labute approximate surface area is 144 Å². The predicted octanol–water partition coefficient (Wildman–Crippen LogP) is 2.57. The molecule has 5 nitrogen and oxygen atoms in total. The summed E-state index contributed by atoms with van der Waals surface area (Å²) in [5.41, 5.74) is 0.994. The lowest BCUT2D eigenvalue weighted by Crippen LogP contribution is -2.47. The minimum absolute atomic E-state index is 0.0790. The van der Waals surface area contributed by atoms with Gasteiger partial charge in [-0.25, -0.2) is 4.79 Å².